The van der Waals surface area contributed by atoms with Crippen molar-refractivity contribution in [3.05, 3.63) is 76.3 Å². The lowest BCUT2D eigenvalue weighted by Crippen LogP contribution is -2.35. The first-order chi connectivity index (χ1) is 15.9. The zero-order valence-electron chi connectivity index (χ0n) is 17.7. The largest absolute Gasteiger partial charge is 0.416 e. The van der Waals surface area contributed by atoms with Gasteiger partial charge in [0.25, 0.3) is 0 Å². The van der Waals surface area contributed by atoms with Gasteiger partial charge in [-0.1, -0.05) is 35.5 Å². The third-order valence-electron chi connectivity index (χ3n) is 5.12. The molecule has 174 valence electrons. The number of amidine groups is 1. The van der Waals surface area contributed by atoms with Crippen LogP contribution in [0.25, 0.3) is 10.6 Å². The maximum Gasteiger partial charge on any atom is 0.416 e. The van der Waals surface area contributed by atoms with Gasteiger partial charge in [-0.15, -0.1) is 11.3 Å². The highest BCUT2D eigenvalue weighted by molar-refractivity contribution is 7.13. The molecule has 33 heavy (non-hydrogen) atoms. The highest BCUT2D eigenvalue weighted by atomic mass is 32.1. The maximum atomic E-state index is 12.7. The van der Waals surface area contributed by atoms with E-state index in [1.165, 1.54) is 23.5 Å². The maximum absolute atomic E-state index is 12.7. The van der Waals surface area contributed by atoms with Gasteiger partial charge < -0.3 is 15.3 Å². The van der Waals surface area contributed by atoms with E-state index in [2.05, 4.69) is 15.0 Å². The Kier molecular flexibility index (Phi) is 7.26. The number of hydrogen-bond acceptors (Lipinski definition) is 6. The van der Waals surface area contributed by atoms with Crippen molar-refractivity contribution in [1.29, 1.82) is 0 Å². The molecule has 2 aromatic carbocycles. The van der Waals surface area contributed by atoms with E-state index in [1.807, 2.05) is 24.3 Å². The van der Waals surface area contributed by atoms with E-state index in [4.69, 9.17) is 15.3 Å². The van der Waals surface area contributed by atoms with E-state index in [9.17, 15) is 13.2 Å². The van der Waals surface area contributed by atoms with Crippen molar-refractivity contribution in [2.45, 2.75) is 19.3 Å². The lowest BCUT2D eigenvalue weighted by molar-refractivity contribution is -0.137. The van der Waals surface area contributed by atoms with Crippen LogP contribution in [0.5, 0.6) is 0 Å². The monoisotopic (exact) mass is 476 g/mol. The molecule has 1 aliphatic rings. The number of halogens is 3. The average Bonchev–Trinajstić information content (AvgIpc) is 3.28. The van der Waals surface area contributed by atoms with Crippen molar-refractivity contribution >= 4 is 17.2 Å². The van der Waals surface area contributed by atoms with Gasteiger partial charge in [-0.2, -0.15) is 13.2 Å². The molecule has 1 fully saturated rings. The van der Waals surface area contributed by atoms with Crippen molar-refractivity contribution in [3.63, 3.8) is 0 Å². The van der Waals surface area contributed by atoms with Crippen LogP contribution in [0.2, 0.25) is 0 Å². The summed E-state index contributed by atoms with van der Waals surface area (Å²) >= 11 is 1.32. The summed E-state index contributed by atoms with van der Waals surface area (Å²) in [5, 5.41) is 6.38. The number of benzene rings is 2. The van der Waals surface area contributed by atoms with E-state index in [1.54, 1.807) is 5.38 Å². The van der Waals surface area contributed by atoms with Gasteiger partial charge in [-0.25, -0.2) is 4.98 Å². The third kappa shape index (κ3) is 6.31. The number of rotatable bonds is 7. The van der Waals surface area contributed by atoms with Gasteiger partial charge in [0.05, 0.1) is 24.5 Å². The number of hydrogen-bond donors (Lipinski definition) is 1. The Morgan fingerprint density at radius 1 is 1.15 bits per heavy atom. The first-order valence-electron chi connectivity index (χ1n) is 10.4. The van der Waals surface area contributed by atoms with Gasteiger partial charge in [-0.05, 0) is 23.8 Å². The highest BCUT2D eigenvalue weighted by Gasteiger charge is 2.30. The number of aromatic nitrogens is 1. The Bertz CT molecular complexity index is 1090. The van der Waals surface area contributed by atoms with E-state index >= 15 is 0 Å². The number of oxime groups is 1. The third-order valence-corrected chi connectivity index (χ3v) is 6.06. The summed E-state index contributed by atoms with van der Waals surface area (Å²) < 4.78 is 43.5. The second kappa shape index (κ2) is 10.3. The molecule has 1 aromatic heterocycles. The molecule has 4 rings (SSSR count). The summed E-state index contributed by atoms with van der Waals surface area (Å²) in [7, 11) is 0. The van der Waals surface area contributed by atoms with Gasteiger partial charge in [0, 0.05) is 36.1 Å². The molecule has 0 spiro atoms. The molecule has 0 atom stereocenters. The summed E-state index contributed by atoms with van der Waals surface area (Å²) in [6.45, 7) is 4.21. The molecule has 3 aromatic rings. The molecular weight excluding hydrogens is 453 g/mol. The van der Waals surface area contributed by atoms with Gasteiger partial charge in [-0.3, -0.25) is 4.90 Å². The van der Waals surface area contributed by atoms with Crippen molar-refractivity contribution in [2.75, 3.05) is 26.3 Å². The molecular formula is C23H23F3N4O2S. The van der Waals surface area contributed by atoms with Crippen LogP contribution in [-0.4, -0.2) is 42.0 Å². The summed E-state index contributed by atoms with van der Waals surface area (Å²) in [6, 6.07) is 12.8. The molecule has 0 aliphatic carbocycles. The quantitative estimate of drug-likeness (QED) is 0.309. The SMILES string of the molecule is N/C(=N/OCc1csc(-c2ccc(C(F)(F)F)cc2)n1)c1cccc(CN2CCOCC2)c1. The van der Waals surface area contributed by atoms with E-state index in [0.717, 1.165) is 56.1 Å². The number of alkyl halides is 3. The number of ether oxygens (including phenoxy) is 1. The molecule has 0 radical (unpaired) electrons. The molecule has 2 N–H and O–H groups in total. The molecule has 0 amide bonds. The van der Waals surface area contributed by atoms with Crippen LogP contribution >= 0.6 is 11.3 Å². The number of nitrogens with two attached hydrogens (primary N) is 1. The predicted molar refractivity (Wildman–Crippen MR) is 121 cm³/mol. The molecule has 0 bridgehead atoms. The minimum atomic E-state index is -4.36. The van der Waals surface area contributed by atoms with Crippen LogP contribution in [0.4, 0.5) is 13.2 Å². The lowest BCUT2D eigenvalue weighted by atomic mass is 10.1. The van der Waals surface area contributed by atoms with Gasteiger partial charge in [0.15, 0.2) is 12.4 Å². The number of thiazole rings is 1. The molecule has 1 saturated heterocycles. The molecule has 1 aliphatic heterocycles. The van der Waals surface area contributed by atoms with Gasteiger partial charge in [0.2, 0.25) is 0 Å². The van der Waals surface area contributed by atoms with E-state index < -0.39 is 11.7 Å². The Labute approximate surface area is 193 Å². The van der Waals surface area contributed by atoms with Crippen molar-refractivity contribution in [3.8, 4) is 10.6 Å². The van der Waals surface area contributed by atoms with Crippen molar-refractivity contribution in [2.24, 2.45) is 10.9 Å². The Hall–Kier alpha value is -2.95. The van der Waals surface area contributed by atoms with Crippen LogP contribution in [0.3, 0.4) is 0 Å². The van der Waals surface area contributed by atoms with Crippen LogP contribution in [0.15, 0.2) is 59.1 Å². The zero-order valence-corrected chi connectivity index (χ0v) is 18.5. The zero-order chi connectivity index (χ0) is 23.3. The van der Waals surface area contributed by atoms with Crippen LogP contribution in [-0.2, 0) is 28.9 Å². The van der Waals surface area contributed by atoms with Gasteiger partial charge >= 0.3 is 6.18 Å². The van der Waals surface area contributed by atoms with Gasteiger partial charge in [0.1, 0.15) is 5.01 Å². The predicted octanol–water partition coefficient (Wildman–Crippen LogP) is 4.50. The summed E-state index contributed by atoms with van der Waals surface area (Å²) in [4.78, 5) is 12.1. The molecule has 6 nitrogen and oxygen atoms in total. The first kappa shape index (κ1) is 23.2. The smallest absolute Gasteiger partial charge is 0.388 e. The summed E-state index contributed by atoms with van der Waals surface area (Å²) in [5.74, 6) is 0.261. The Morgan fingerprint density at radius 3 is 2.64 bits per heavy atom. The minimum absolute atomic E-state index is 0.102. The fourth-order valence-corrected chi connectivity index (χ4v) is 4.19. The second-order valence-electron chi connectivity index (χ2n) is 7.56. The molecule has 0 unspecified atom stereocenters. The fourth-order valence-electron chi connectivity index (χ4n) is 3.37. The lowest BCUT2D eigenvalue weighted by Gasteiger charge is -2.26. The summed E-state index contributed by atoms with van der Waals surface area (Å²) in [6.07, 6.45) is -4.36. The Morgan fingerprint density at radius 2 is 1.91 bits per heavy atom. The van der Waals surface area contributed by atoms with Crippen molar-refractivity contribution in [1.82, 2.24) is 9.88 Å². The van der Waals surface area contributed by atoms with Crippen LogP contribution in [0.1, 0.15) is 22.4 Å². The van der Waals surface area contributed by atoms with Crippen molar-refractivity contribution < 1.29 is 22.7 Å². The fraction of sp³-hybridized carbons (Fsp3) is 0.304. The average molecular weight is 477 g/mol. The van der Waals surface area contributed by atoms with E-state index in [-0.39, 0.29) is 12.4 Å². The van der Waals surface area contributed by atoms with Crippen LogP contribution in [0, 0.1) is 0 Å². The number of morpholine rings is 1. The number of nitrogens with zero attached hydrogens (tertiary/aromatic N) is 3. The summed E-state index contributed by atoms with van der Waals surface area (Å²) in [5.41, 5.74) is 8.53. The topological polar surface area (TPSA) is 73.0 Å². The first-order valence-corrected chi connectivity index (χ1v) is 11.2. The normalized spacial score (nSPS) is 15.5. The van der Waals surface area contributed by atoms with E-state index in [0.29, 0.717) is 16.3 Å². The van der Waals surface area contributed by atoms with Crippen LogP contribution < -0.4 is 5.73 Å². The molecule has 0 saturated carbocycles. The second-order valence-corrected chi connectivity index (χ2v) is 8.42. The molecule has 10 heteroatoms. The minimum Gasteiger partial charge on any atom is -0.388 e. The standard InChI is InChI=1S/C23H23F3N4O2S/c24-23(25,26)19-6-4-17(5-7-19)22-28-20(15-33-22)14-32-29-21(27)18-3-1-2-16(12-18)13-30-8-10-31-11-9-30/h1-7,12,15H,8-11,13-14H2,(H2,27,29). The highest BCUT2D eigenvalue weighted by Crippen LogP contribution is 2.31. The Balaban J connectivity index is 1.34. The molecule has 2 heterocycles.